The van der Waals surface area contributed by atoms with Gasteiger partial charge in [-0.3, -0.25) is 14.8 Å². The van der Waals surface area contributed by atoms with E-state index in [4.69, 9.17) is 0 Å². The molecule has 2 aliphatic heterocycles. The molecular weight excluding hydrogens is 342 g/mol. The average molecular weight is 376 g/mol. The van der Waals surface area contributed by atoms with Crippen molar-refractivity contribution >= 4 is 17.3 Å². The predicted molar refractivity (Wildman–Crippen MR) is 110 cm³/mol. The number of guanidine groups is 1. The van der Waals surface area contributed by atoms with Crippen LogP contribution in [0.2, 0.25) is 0 Å². The highest BCUT2D eigenvalue weighted by atomic mass is 32.1. The number of likely N-dealkylation sites (tertiary alicyclic amines) is 2. The smallest absolute Gasteiger partial charge is 0.191 e. The van der Waals surface area contributed by atoms with Gasteiger partial charge in [-0.2, -0.15) is 0 Å². The third-order valence-corrected chi connectivity index (χ3v) is 7.16. The second kappa shape index (κ2) is 8.28. The van der Waals surface area contributed by atoms with Crippen LogP contribution in [0.25, 0.3) is 0 Å². The lowest BCUT2D eigenvalue weighted by molar-refractivity contribution is 0.125. The number of hydrogen-bond donors (Lipinski definition) is 2. The van der Waals surface area contributed by atoms with E-state index >= 15 is 0 Å². The Morgan fingerprint density at radius 2 is 2.15 bits per heavy atom. The summed E-state index contributed by atoms with van der Waals surface area (Å²) in [6, 6.07) is 6.43. The van der Waals surface area contributed by atoms with Crippen LogP contribution in [0.4, 0.5) is 0 Å². The van der Waals surface area contributed by atoms with E-state index < -0.39 is 0 Å². The largest absolute Gasteiger partial charge is 0.356 e. The summed E-state index contributed by atoms with van der Waals surface area (Å²) in [7, 11) is 4.17. The number of aliphatic imine (C=N–C) groups is 1. The van der Waals surface area contributed by atoms with Crippen molar-refractivity contribution in [3.63, 3.8) is 0 Å². The molecule has 0 spiro atoms. The van der Waals surface area contributed by atoms with E-state index in [0.717, 1.165) is 18.5 Å². The Morgan fingerprint density at radius 3 is 2.88 bits per heavy atom. The highest BCUT2D eigenvalue weighted by molar-refractivity contribution is 7.10. The van der Waals surface area contributed by atoms with Crippen LogP contribution in [0.15, 0.2) is 22.5 Å². The van der Waals surface area contributed by atoms with E-state index in [1.165, 1.54) is 56.6 Å². The van der Waals surface area contributed by atoms with Crippen LogP contribution in [-0.2, 0) is 0 Å². The van der Waals surface area contributed by atoms with E-state index in [9.17, 15) is 0 Å². The molecule has 26 heavy (non-hydrogen) atoms. The summed E-state index contributed by atoms with van der Waals surface area (Å²) in [5.41, 5.74) is 0. The van der Waals surface area contributed by atoms with Crippen LogP contribution < -0.4 is 10.6 Å². The minimum absolute atomic E-state index is 0.534. The van der Waals surface area contributed by atoms with Gasteiger partial charge in [0.15, 0.2) is 5.96 Å². The van der Waals surface area contributed by atoms with Crippen LogP contribution >= 0.6 is 11.3 Å². The van der Waals surface area contributed by atoms with Crippen molar-refractivity contribution < 1.29 is 0 Å². The lowest BCUT2D eigenvalue weighted by Gasteiger charge is -2.39. The van der Waals surface area contributed by atoms with Crippen LogP contribution in [0.5, 0.6) is 0 Å². The molecule has 3 atom stereocenters. The summed E-state index contributed by atoms with van der Waals surface area (Å²) >= 11 is 1.89. The molecule has 0 aromatic carbocycles. The van der Waals surface area contributed by atoms with Gasteiger partial charge in [0, 0.05) is 49.7 Å². The Hall–Kier alpha value is -1.11. The molecule has 1 aromatic rings. The topological polar surface area (TPSA) is 42.9 Å². The zero-order valence-electron chi connectivity index (χ0n) is 16.2. The predicted octanol–water partition coefficient (Wildman–Crippen LogP) is 2.53. The molecule has 1 aliphatic carbocycles. The van der Waals surface area contributed by atoms with Gasteiger partial charge >= 0.3 is 0 Å². The van der Waals surface area contributed by atoms with Crippen molar-refractivity contribution in [2.24, 2.45) is 10.9 Å². The number of thiophene rings is 1. The molecule has 4 rings (SSSR count). The monoisotopic (exact) mass is 375 g/mol. The quantitative estimate of drug-likeness (QED) is 0.613. The van der Waals surface area contributed by atoms with Crippen LogP contribution in [0.3, 0.4) is 0 Å². The minimum Gasteiger partial charge on any atom is -0.356 e. The van der Waals surface area contributed by atoms with Gasteiger partial charge in [-0.15, -0.1) is 11.3 Å². The third-order valence-electron chi connectivity index (χ3n) is 6.22. The van der Waals surface area contributed by atoms with Gasteiger partial charge in [-0.25, -0.2) is 0 Å². The molecule has 3 aliphatic rings. The molecule has 2 N–H and O–H groups in total. The maximum absolute atomic E-state index is 4.49. The molecule has 1 saturated carbocycles. The van der Waals surface area contributed by atoms with Gasteiger partial charge in [0.25, 0.3) is 0 Å². The van der Waals surface area contributed by atoms with Crippen LogP contribution in [-0.4, -0.2) is 68.1 Å². The van der Waals surface area contributed by atoms with E-state index in [0.29, 0.717) is 18.0 Å². The molecule has 0 bridgehead atoms. The Kier molecular flexibility index (Phi) is 5.81. The molecule has 5 nitrogen and oxygen atoms in total. The summed E-state index contributed by atoms with van der Waals surface area (Å²) in [6.45, 7) is 4.61. The highest BCUT2D eigenvalue weighted by Crippen LogP contribution is 2.36. The van der Waals surface area contributed by atoms with Crippen molar-refractivity contribution in [1.82, 2.24) is 20.4 Å². The normalized spacial score (nSPS) is 31.3. The zero-order chi connectivity index (χ0) is 17.9. The first-order valence-corrected chi connectivity index (χ1v) is 11.1. The van der Waals surface area contributed by atoms with E-state index in [1.54, 1.807) is 0 Å². The maximum atomic E-state index is 4.49. The second-order valence-electron chi connectivity index (χ2n) is 8.15. The van der Waals surface area contributed by atoms with Gasteiger partial charge < -0.3 is 10.6 Å². The number of nitrogens with zero attached hydrogens (tertiary/aromatic N) is 3. The second-order valence-corrected chi connectivity index (χ2v) is 9.13. The Labute approximate surface area is 161 Å². The number of piperidine rings is 1. The van der Waals surface area contributed by atoms with Crippen LogP contribution in [0.1, 0.15) is 43.0 Å². The molecule has 3 fully saturated rings. The van der Waals surface area contributed by atoms with E-state index in [2.05, 4.69) is 50.0 Å². The molecule has 1 aromatic heterocycles. The molecule has 144 valence electrons. The SMILES string of the molecule is CN=C(NCC1CCCN(C)C1c1cccs1)NC1CCN(C2CC2)C1. The summed E-state index contributed by atoms with van der Waals surface area (Å²) < 4.78 is 0. The highest BCUT2D eigenvalue weighted by Gasteiger charge is 2.35. The van der Waals surface area contributed by atoms with Crippen molar-refractivity contribution in [3.8, 4) is 0 Å². The van der Waals surface area contributed by atoms with Crippen molar-refractivity contribution in [3.05, 3.63) is 22.4 Å². The fourth-order valence-corrected chi connectivity index (χ4v) is 5.66. The molecular formula is C20H33N5S. The van der Waals surface area contributed by atoms with E-state index in [-0.39, 0.29) is 0 Å². The summed E-state index contributed by atoms with van der Waals surface area (Å²) in [5.74, 6) is 1.61. The fourth-order valence-electron chi connectivity index (χ4n) is 4.67. The Balaban J connectivity index is 1.31. The van der Waals surface area contributed by atoms with Gasteiger partial charge in [0.2, 0.25) is 0 Å². The standard InChI is InChI=1S/C20H33N5S/c1-21-20(23-16-9-11-25(14-16)17-7-8-17)22-13-15-5-3-10-24(2)19(15)18-6-4-12-26-18/h4,6,12,15-17,19H,3,5,7-11,13-14H2,1-2H3,(H2,21,22,23). The lowest BCUT2D eigenvalue weighted by Crippen LogP contribution is -2.48. The number of nitrogens with one attached hydrogen (secondary N) is 2. The molecule has 3 heterocycles. The van der Waals surface area contributed by atoms with Crippen molar-refractivity contribution in [2.45, 2.75) is 50.2 Å². The maximum Gasteiger partial charge on any atom is 0.191 e. The average Bonchev–Trinajstić information content (AvgIpc) is 3.16. The molecule has 3 unspecified atom stereocenters. The molecule has 0 radical (unpaired) electrons. The van der Waals surface area contributed by atoms with Crippen LogP contribution in [0, 0.1) is 5.92 Å². The summed E-state index contributed by atoms with van der Waals surface area (Å²) in [6.07, 6.45) is 6.62. The van der Waals surface area contributed by atoms with Gasteiger partial charge in [-0.1, -0.05) is 6.07 Å². The Morgan fingerprint density at radius 1 is 1.27 bits per heavy atom. The number of hydrogen-bond acceptors (Lipinski definition) is 4. The molecule has 6 heteroatoms. The first-order valence-electron chi connectivity index (χ1n) is 10.2. The zero-order valence-corrected chi connectivity index (χ0v) is 17.0. The fraction of sp³-hybridized carbons (Fsp3) is 0.750. The lowest BCUT2D eigenvalue weighted by atomic mass is 9.88. The summed E-state index contributed by atoms with van der Waals surface area (Å²) in [4.78, 5) is 11.2. The Bertz CT molecular complexity index is 597. The molecule has 2 saturated heterocycles. The first kappa shape index (κ1) is 18.3. The molecule has 0 amide bonds. The third kappa shape index (κ3) is 4.24. The van der Waals surface area contributed by atoms with Crippen molar-refractivity contribution in [1.29, 1.82) is 0 Å². The van der Waals surface area contributed by atoms with Crippen molar-refractivity contribution in [2.75, 3.05) is 40.3 Å². The summed E-state index contributed by atoms with van der Waals surface area (Å²) in [5, 5.41) is 9.50. The van der Waals surface area contributed by atoms with Gasteiger partial charge in [0.05, 0.1) is 0 Å². The van der Waals surface area contributed by atoms with E-state index in [1.807, 2.05) is 18.4 Å². The number of rotatable bonds is 5. The van der Waals surface area contributed by atoms with Gasteiger partial charge in [0.1, 0.15) is 0 Å². The van der Waals surface area contributed by atoms with Gasteiger partial charge in [-0.05, 0) is 63.1 Å². The minimum atomic E-state index is 0.534. The first-order chi connectivity index (χ1) is 12.7.